The molecular weight excluding hydrogens is 382 g/mol. The second-order valence-electron chi connectivity index (χ2n) is 7.23. The zero-order chi connectivity index (χ0) is 19.4. The summed E-state index contributed by atoms with van der Waals surface area (Å²) in [6.07, 6.45) is 7.87. The first-order chi connectivity index (χ1) is 12.9. The molecule has 1 saturated carbocycles. The highest BCUT2D eigenvalue weighted by Gasteiger charge is 2.24. The number of likely N-dealkylation sites (N-methyl/N-ethyl adjacent to an activating group) is 1. The monoisotopic (exact) mass is 409 g/mol. The van der Waals surface area contributed by atoms with Crippen molar-refractivity contribution in [1.29, 1.82) is 0 Å². The number of hydrogen-bond donors (Lipinski definition) is 1. The lowest BCUT2D eigenvalue weighted by molar-refractivity contribution is -0.121. The molecule has 0 spiro atoms. The fourth-order valence-electron chi connectivity index (χ4n) is 3.52. The Labute approximate surface area is 165 Å². The minimum Gasteiger partial charge on any atom is -0.352 e. The number of aromatic nitrogens is 1. The van der Waals surface area contributed by atoms with E-state index in [4.69, 9.17) is 0 Å². The van der Waals surface area contributed by atoms with Gasteiger partial charge in [0.25, 0.3) is 0 Å². The molecule has 1 aromatic heterocycles. The standard InChI is InChI=1S/C19H27N3O3S2/c1-14-20-17-11-10-16(12-18(17)26-14)27(24,25)22(2)13-19(23)21-15-8-6-4-3-5-7-9-15/h10-12,15H,3-9,13H2,1-2H3,(H,21,23). The highest BCUT2D eigenvalue weighted by Crippen LogP contribution is 2.26. The summed E-state index contributed by atoms with van der Waals surface area (Å²) in [7, 11) is -2.27. The first-order valence-corrected chi connectivity index (χ1v) is 11.7. The third-order valence-electron chi connectivity index (χ3n) is 5.01. The van der Waals surface area contributed by atoms with Crippen LogP contribution in [0.15, 0.2) is 23.1 Å². The molecule has 0 bridgehead atoms. The molecule has 1 amide bonds. The molecule has 27 heavy (non-hydrogen) atoms. The number of rotatable bonds is 5. The van der Waals surface area contributed by atoms with Gasteiger partial charge < -0.3 is 5.32 Å². The van der Waals surface area contributed by atoms with E-state index in [1.807, 2.05) is 6.92 Å². The summed E-state index contributed by atoms with van der Waals surface area (Å²) < 4.78 is 27.6. The van der Waals surface area contributed by atoms with Crippen LogP contribution < -0.4 is 5.32 Å². The first kappa shape index (κ1) is 20.2. The third kappa shape index (κ3) is 5.06. The molecule has 1 aromatic carbocycles. The van der Waals surface area contributed by atoms with Gasteiger partial charge in [-0.3, -0.25) is 4.79 Å². The summed E-state index contributed by atoms with van der Waals surface area (Å²) in [5.41, 5.74) is 0.793. The van der Waals surface area contributed by atoms with Crippen LogP contribution in [0, 0.1) is 6.92 Å². The van der Waals surface area contributed by atoms with Crippen LogP contribution in [-0.4, -0.2) is 43.2 Å². The number of carbonyl (C=O) groups is 1. The van der Waals surface area contributed by atoms with E-state index in [1.165, 1.54) is 37.6 Å². The average molecular weight is 410 g/mol. The average Bonchev–Trinajstić information content (AvgIpc) is 2.96. The van der Waals surface area contributed by atoms with Gasteiger partial charge in [-0.2, -0.15) is 4.31 Å². The molecule has 2 aromatic rings. The predicted octanol–water partition coefficient (Wildman–Crippen LogP) is 3.45. The molecule has 148 valence electrons. The van der Waals surface area contributed by atoms with Gasteiger partial charge in [0.15, 0.2) is 0 Å². The largest absolute Gasteiger partial charge is 0.352 e. The summed E-state index contributed by atoms with van der Waals surface area (Å²) in [5, 5.41) is 3.92. The molecule has 1 aliphatic rings. The Hall–Kier alpha value is -1.51. The maximum atomic E-state index is 12.8. The van der Waals surface area contributed by atoms with Gasteiger partial charge in [0, 0.05) is 13.1 Å². The van der Waals surface area contributed by atoms with Crippen LogP contribution in [0.2, 0.25) is 0 Å². The summed E-state index contributed by atoms with van der Waals surface area (Å²) >= 11 is 1.46. The number of thiazole rings is 1. The molecule has 6 nitrogen and oxygen atoms in total. The number of nitrogens with zero attached hydrogens (tertiary/aromatic N) is 2. The van der Waals surface area contributed by atoms with E-state index in [2.05, 4.69) is 10.3 Å². The van der Waals surface area contributed by atoms with Gasteiger partial charge in [-0.05, 0) is 38.0 Å². The normalized spacial score (nSPS) is 17.0. The van der Waals surface area contributed by atoms with E-state index < -0.39 is 10.0 Å². The fraction of sp³-hybridized carbons (Fsp3) is 0.579. The Bertz CT molecular complexity index is 900. The van der Waals surface area contributed by atoms with E-state index in [9.17, 15) is 13.2 Å². The molecule has 1 fully saturated rings. The number of nitrogens with one attached hydrogen (secondary N) is 1. The first-order valence-electron chi connectivity index (χ1n) is 9.49. The van der Waals surface area contributed by atoms with Gasteiger partial charge in [0.1, 0.15) is 0 Å². The van der Waals surface area contributed by atoms with Crippen LogP contribution >= 0.6 is 11.3 Å². The van der Waals surface area contributed by atoms with Crippen molar-refractivity contribution < 1.29 is 13.2 Å². The third-order valence-corrected chi connectivity index (χ3v) is 7.74. The lowest BCUT2D eigenvalue weighted by atomic mass is 9.97. The van der Waals surface area contributed by atoms with Crippen LogP contribution in [0.25, 0.3) is 10.2 Å². The van der Waals surface area contributed by atoms with Crippen molar-refractivity contribution in [1.82, 2.24) is 14.6 Å². The molecule has 3 rings (SSSR count). The number of carbonyl (C=O) groups excluding carboxylic acids is 1. The van der Waals surface area contributed by atoms with Crippen LogP contribution in [0.1, 0.15) is 50.0 Å². The molecule has 1 heterocycles. The van der Waals surface area contributed by atoms with Gasteiger partial charge in [0.2, 0.25) is 15.9 Å². The van der Waals surface area contributed by atoms with Crippen LogP contribution in [-0.2, 0) is 14.8 Å². The minimum absolute atomic E-state index is 0.158. The predicted molar refractivity (Wildman–Crippen MR) is 108 cm³/mol. The summed E-state index contributed by atoms with van der Waals surface area (Å²) in [5.74, 6) is -0.235. The number of amides is 1. The highest BCUT2D eigenvalue weighted by molar-refractivity contribution is 7.89. The maximum Gasteiger partial charge on any atom is 0.243 e. The van der Waals surface area contributed by atoms with Crippen molar-refractivity contribution in [3.05, 3.63) is 23.2 Å². The lowest BCUT2D eigenvalue weighted by Gasteiger charge is -2.23. The summed E-state index contributed by atoms with van der Waals surface area (Å²) in [6.45, 7) is 1.73. The minimum atomic E-state index is -3.72. The van der Waals surface area contributed by atoms with Crippen molar-refractivity contribution >= 4 is 37.5 Å². The molecule has 1 N–H and O–H groups in total. The molecule has 0 aliphatic heterocycles. The number of hydrogen-bond acceptors (Lipinski definition) is 5. The Kier molecular flexibility index (Phi) is 6.49. The van der Waals surface area contributed by atoms with Crippen molar-refractivity contribution in [2.45, 2.75) is 62.8 Å². The smallest absolute Gasteiger partial charge is 0.243 e. The number of benzene rings is 1. The molecule has 0 unspecified atom stereocenters. The number of sulfonamides is 1. The van der Waals surface area contributed by atoms with E-state index in [1.54, 1.807) is 18.2 Å². The second kappa shape index (κ2) is 8.67. The van der Waals surface area contributed by atoms with Crippen LogP contribution in [0.4, 0.5) is 0 Å². The Morgan fingerprint density at radius 3 is 2.59 bits per heavy atom. The SMILES string of the molecule is Cc1nc2ccc(S(=O)(=O)N(C)CC(=O)NC3CCCCCCC3)cc2s1. The molecule has 8 heteroatoms. The molecule has 1 aliphatic carbocycles. The molecule has 0 atom stereocenters. The van der Waals surface area contributed by atoms with Gasteiger partial charge in [-0.15, -0.1) is 11.3 Å². The van der Waals surface area contributed by atoms with Gasteiger partial charge in [0.05, 0.1) is 26.7 Å². The number of fused-ring (bicyclic) bond motifs is 1. The van der Waals surface area contributed by atoms with Gasteiger partial charge in [-0.1, -0.05) is 32.1 Å². The van der Waals surface area contributed by atoms with Crippen molar-refractivity contribution in [2.75, 3.05) is 13.6 Å². The Morgan fingerprint density at radius 2 is 1.89 bits per heavy atom. The highest BCUT2D eigenvalue weighted by atomic mass is 32.2. The van der Waals surface area contributed by atoms with Crippen molar-refractivity contribution in [3.63, 3.8) is 0 Å². The second-order valence-corrected chi connectivity index (χ2v) is 10.5. The van der Waals surface area contributed by atoms with E-state index in [0.29, 0.717) is 0 Å². The van der Waals surface area contributed by atoms with Gasteiger partial charge >= 0.3 is 0 Å². The Morgan fingerprint density at radius 1 is 1.22 bits per heavy atom. The van der Waals surface area contributed by atoms with Crippen molar-refractivity contribution in [2.24, 2.45) is 0 Å². The maximum absolute atomic E-state index is 12.8. The molecular formula is C19H27N3O3S2. The zero-order valence-electron chi connectivity index (χ0n) is 15.9. The van der Waals surface area contributed by atoms with Crippen LogP contribution in [0.5, 0.6) is 0 Å². The summed E-state index contributed by atoms with van der Waals surface area (Å²) in [4.78, 5) is 16.9. The van der Waals surface area contributed by atoms with E-state index in [0.717, 1.165) is 45.2 Å². The van der Waals surface area contributed by atoms with Crippen LogP contribution in [0.3, 0.4) is 0 Å². The molecule has 0 saturated heterocycles. The van der Waals surface area contributed by atoms with Crippen molar-refractivity contribution in [3.8, 4) is 0 Å². The van der Waals surface area contributed by atoms with Gasteiger partial charge in [-0.25, -0.2) is 13.4 Å². The number of aryl methyl sites for hydroxylation is 1. The molecule has 0 radical (unpaired) electrons. The van der Waals surface area contributed by atoms with E-state index >= 15 is 0 Å². The van der Waals surface area contributed by atoms with E-state index in [-0.39, 0.29) is 23.4 Å². The summed E-state index contributed by atoms with van der Waals surface area (Å²) in [6, 6.07) is 5.07. The fourth-order valence-corrected chi connectivity index (χ4v) is 5.62. The zero-order valence-corrected chi connectivity index (χ0v) is 17.5. The quantitative estimate of drug-likeness (QED) is 0.820. The lowest BCUT2D eigenvalue weighted by Crippen LogP contribution is -2.42. The topological polar surface area (TPSA) is 79.4 Å². The Balaban J connectivity index is 1.65.